The summed E-state index contributed by atoms with van der Waals surface area (Å²) in [6.07, 6.45) is 0. The summed E-state index contributed by atoms with van der Waals surface area (Å²) < 4.78 is 9.65. The lowest BCUT2D eigenvalue weighted by molar-refractivity contribution is 1.15. The second kappa shape index (κ2) is 21.6. The molecule has 0 aliphatic carbocycles. The zero-order chi connectivity index (χ0) is 59.8. The Hall–Kier alpha value is -11.7. The smallest absolute Gasteiger partial charge is 0.0542 e. The molecule has 0 radical (unpaired) electrons. The molecule has 0 aliphatic rings. The maximum Gasteiger partial charge on any atom is 0.0542 e. The Balaban J connectivity index is 0.000000139. The number of nitrogens with zero attached hydrogens (tertiary/aromatic N) is 4. The number of hydrogen-bond acceptors (Lipinski definition) is 0. The molecule has 0 saturated carbocycles. The largest absolute Gasteiger partial charge is 0.309 e. The molecule has 0 saturated heterocycles. The predicted molar refractivity (Wildman–Crippen MR) is 381 cm³/mol. The standard InChI is InChI=1S/2C43H30N2/c1-29-12-10-13-30(26-29)31-14-11-15-32(27-31)38-28-33(44-39-20-6-2-16-34(39)35-17-3-7-21-40(35)44)24-25-43(38)45-41-22-8-4-18-36(41)37-19-5-9-23-42(37)45;1-29-18-20-31(21-19-29)38-28-32(24-27-43(38)45-41-16-8-4-12-36(41)37-13-5-9-17-42(37)45)30-22-25-33(26-23-30)44-39-14-6-2-10-34(39)35-11-3-7-15-40(35)44/h2*2-28H,1H3. The van der Waals surface area contributed by atoms with Gasteiger partial charge in [0.2, 0.25) is 0 Å². The molecule has 4 aromatic heterocycles. The van der Waals surface area contributed by atoms with Crippen LogP contribution in [0.1, 0.15) is 11.1 Å². The molecule has 14 aromatic carbocycles. The van der Waals surface area contributed by atoms with E-state index in [1.807, 2.05) is 0 Å². The van der Waals surface area contributed by atoms with Crippen molar-refractivity contribution in [3.05, 3.63) is 339 Å². The molecule has 424 valence electrons. The maximum absolute atomic E-state index is 2.44. The molecule has 4 heterocycles. The second-order valence-electron chi connectivity index (χ2n) is 23.8. The monoisotopic (exact) mass is 1150 g/mol. The predicted octanol–water partition coefficient (Wildman–Crippen LogP) is 23.0. The Bertz CT molecular complexity index is 5590. The lowest BCUT2D eigenvalue weighted by atomic mass is 9.96. The average Bonchev–Trinajstić information content (AvgIpc) is 1.62. The van der Waals surface area contributed by atoms with Gasteiger partial charge < -0.3 is 18.3 Å². The fraction of sp³-hybridized carbons (Fsp3) is 0.0233. The van der Waals surface area contributed by atoms with E-state index < -0.39 is 0 Å². The number of para-hydroxylation sites is 8. The lowest BCUT2D eigenvalue weighted by Crippen LogP contribution is -2.01. The minimum absolute atomic E-state index is 1.15. The highest BCUT2D eigenvalue weighted by molar-refractivity contribution is 6.13. The van der Waals surface area contributed by atoms with Gasteiger partial charge in [-0.15, -0.1) is 0 Å². The third-order valence-corrected chi connectivity index (χ3v) is 18.4. The van der Waals surface area contributed by atoms with E-state index in [2.05, 4.69) is 360 Å². The van der Waals surface area contributed by atoms with E-state index >= 15 is 0 Å². The highest BCUT2D eigenvalue weighted by Crippen LogP contribution is 2.43. The molecule has 4 heteroatoms. The van der Waals surface area contributed by atoms with Gasteiger partial charge in [0.25, 0.3) is 0 Å². The van der Waals surface area contributed by atoms with Gasteiger partial charge in [0.05, 0.1) is 55.5 Å². The SMILES string of the molecule is Cc1ccc(-c2cc(-c3ccc(-n4c5ccccc5c5ccccc54)cc3)ccc2-n2c3ccccc3c3ccccc32)cc1.Cc1cccc(-c2cccc(-c3cc(-n4c5ccccc5c5ccccc54)ccc3-n3c4ccccc4c4ccccc43)c2)c1. The van der Waals surface area contributed by atoms with E-state index in [0.29, 0.717) is 0 Å². The van der Waals surface area contributed by atoms with Crippen LogP contribution in [0, 0.1) is 13.8 Å². The van der Waals surface area contributed by atoms with Crippen molar-refractivity contribution in [2.75, 3.05) is 0 Å². The van der Waals surface area contributed by atoms with Gasteiger partial charge in [0, 0.05) is 65.6 Å². The number of fused-ring (bicyclic) bond motifs is 12. The van der Waals surface area contributed by atoms with Crippen LogP contribution in [0.3, 0.4) is 0 Å². The van der Waals surface area contributed by atoms with Crippen molar-refractivity contribution in [2.24, 2.45) is 0 Å². The van der Waals surface area contributed by atoms with Gasteiger partial charge >= 0.3 is 0 Å². The Labute approximate surface area is 522 Å². The van der Waals surface area contributed by atoms with E-state index in [1.165, 1.54) is 154 Å². The molecular weight excluding hydrogens is 1090 g/mol. The van der Waals surface area contributed by atoms with E-state index in [-0.39, 0.29) is 0 Å². The molecule has 0 unspecified atom stereocenters. The van der Waals surface area contributed by atoms with Crippen LogP contribution in [0.2, 0.25) is 0 Å². The molecule has 18 aromatic rings. The zero-order valence-electron chi connectivity index (χ0n) is 50.0. The molecule has 0 amide bonds. The molecule has 18 rings (SSSR count). The van der Waals surface area contributed by atoms with Crippen molar-refractivity contribution < 1.29 is 0 Å². The fourth-order valence-corrected chi connectivity index (χ4v) is 14.2. The van der Waals surface area contributed by atoms with Crippen LogP contribution >= 0.6 is 0 Å². The van der Waals surface area contributed by atoms with Crippen LogP contribution < -0.4 is 0 Å². The first kappa shape index (κ1) is 52.6. The summed E-state index contributed by atoms with van der Waals surface area (Å²) in [5.41, 5.74) is 26.5. The Kier molecular flexibility index (Phi) is 12.6. The lowest BCUT2D eigenvalue weighted by Gasteiger charge is -2.18. The van der Waals surface area contributed by atoms with Crippen molar-refractivity contribution in [1.82, 2.24) is 18.3 Å². The zero-order valence-corrected chi connectivity index (χ0v) is 50.0. The quantitative estimate of drug-likeness (QED) is 0.144. The van der Waals surface area contributed by atoms with E-state index in [1.54, 1.807) is 0 Å². The number of benzene rings is 14. The van der Waals surface area contributed by atoms with E-state index in [4.69, 9.17) is 0 Å². The van der Waals surface area contributed by atoms with Crippen molar-refractivity contribution in [2.45, 2.75) is 13.8 Å². The summed E-state index contributed by atoms with van der Waals surface area (Å²) in [4.78, 5) is 0. The van der Waals surface area contributed by atoms with Crippen LogP contribution in [-0.4, -0.2) is 18.3 Å². The van der Waals surface area contributed by atoms with Gasteiger partial charge in [-0.25, -0.2) is 0 Å². The first-order chi connectivity index (χ1) is 44.5. The highest BCUT2D eigenvalue weighted by atomic mass is 15.0. The van der Waals surface area contributed by atoms with Gasteiger partial charge in [0.15, 0.2) is 0 Å². The highest BCUT2D eigenvalue weighted by Gasteiger charge is 2.21. The van der Waals surface area contributed by atoms with Crippen LogP contribution in [0.25, 0.3) is 154 Å². The molecule has 0 aliphatic heterocycles. The Morgan fingerprint density at radius 1 is 0.178 bits per heavy atom. The van der Waals surface area contributed by atoms with Gasteiger partial charge in [-0.2, -0.15) is 0 Å². The summed E-state index contributed by atoms with van der Waals surface area (Å²) in [7, 11) is 0. The third-order valence-electron chi connectivity index (χ3n) is 18.4. The van der Waals surface area contributed by atoms with Crippen LogP contribution in [0.5, 0.6) is 0 Å². The topological polar surface area (TPSA) is 19.7 Å². The fourth-order valence-electron chi connectivity index (χ4n) is 14.2. The molecule has 0 atom stereocenters. The van der Waals surface area contributed by atoms with Crippen molar-refractivity contribution in [3.63, 3.8) is 0 Å². The van der Waals surface area contributed by atoms with Crippen molar-refractivity contribution in [3.8, 4) is 67.3 Å². The molecule has 0 spiro atoms. The van der Waals surface area contributed by atoms with Gasteiger partial charge in [-0.1, -0.05) is 242 Å². The molecule has 0 N–H and O–H groups in total. The minimum Gasteiger partial charge on any atom is -0.309 e. The Morgan fingerprint density at radius 2 is 0.489 bits per heavy atom. The van der Waals surface area contributed by atoms with Crippen LogP contribution in [-0.2, 0) is 0 Å². The molecule has 4 nitrogen and oxygen atoms in total. The normalized spacial score (nSPS) is 11.7. The van der Waals surface area contributed by atoms with Crippen molar-refractivity contribution in [1.29, 1.82) is 0 Å². The third kappa shape index (κ3) is 8.75. The number of aromatic nitrogens is 4. The number of hydrogen-bond donors (Lipinski definition) is 0. The van der Waals surface area contributed by atoms with Gasteiger partial charge in [-0.05, 0) is 144 Å². The number of aryl methyl sites for hydroxylation is 2. The minimum atomic E-state index is 1.15. The molecule has 90 heavy (non-hydrogen) atoms. The maximum atomic E-state index is 2.44. The van der Waals surface area contributed by atoms with Crippen LogP contribution in [0.15, 0.2) is 328 Å². The number of rotatable bonds is 8. The summed E-state index contributed by atoms with van der Waals surface area (Å²) in [5, 5.41) is 10.2. The van der Waals surface area contributed by atoms with Gasteiger partial charge in [0.1, 0.15) is 0 Å². The van der Waals surface area contributed by atoms with Crippen LogP contribution in [0.4, 0.5) is 0 Å². The second-order valence-corrected chi connectivity index (χ2v) is 23.8. The summed E-state index contributed by atoms with van der Waals surface area (Å²) >= 11 is 0. The Morgan fingerprint density at radius 3 is 0.922 bits per heavy atom. The molecular formula is C86H60N4. The summed E-state index contributed by atoms with van der Waals surface area (Å²) in [6.45, 7) is 4.30. The molecule has 0 bridgehead atoms. The summed E-state index contributed by atoms with van der Waals surface area (Å²) in [6, 6.07) is 119. The average molecular weight is 1150 g/mol. The van der Waals surface area contributed by atoms with E-state index in [9.17, 15) is 0 Å². The summed E-state index contributed by atoms with van der Waals surface area (Å²) in [5.74, 6) is 0. The molecule has 0 fully saturated rings. The first-order valence-corrected chi connectivity index (χ1v) is 31.1. The van der Waals surface area contributed by atoms with Gasteiger partial charge in [-0.3, -0.25) is 0 Å². The van der Waals surface area contributed by atoms with Crippen molar-refractivity contribution >= 4 is 87.2 Å². The van der Waals surface area contributed by atoms with E-state index in [0.717, 1.165) is 11.4 Å². The first-order valence-electron chi connectivity index (χ1n) is 31.1.